The Morgan fingerprint density at radius 3 is 3.00 bits per heavy atom. The third kappa shape index (κ3) is 1.25. The number of hydrogen-bond acceptors (Lipinski definition) is 2. The predicted octanol–water partition coefficient (Wildman–Crippen LogP) is 1.95. The van der Waals surface area contributed by atoms with Crippen LogP contribution < -0.4 is 0 Å². The molecule has 1 aromatic carbocycles. The minimum atomic E-state index is 0.458. The third-order valence-corrected chi connectivity index (χ3v) is 2.45. The molecule has 1 aromatic heterocycles. The Morgan fingerprint density at radius 2 is 2.29 bits per heavy atom. The highest BCUT2D eigenvalue weighted by molar-refractivity contribution is 5.76. The molecule has 70 valence electrons. The van der Waals surface area contributed by atoms with E-state index in [1.165, 1.54) is 0 Å². The molecule has 14 heavy (non-hydrogen) atoms. The van der Waals surface area contributed by atoms with E-state index in [1.807, 2.05) is 36.7 Å². The van der Waals surface area contributed by atoms with E-state index in [4.69, 9.17) is 5.26 Å². The lowest BCUT2D eigenvalue weighted by molar-refractivity contribution is 0.885. The van der Waals surface area contributed by atoms with Gasteiger partial charge >= 0.3 is 0 Å². The van der Waals surface area contributed by atoms with Crippen molar-refractivity contribution in [2.75, 3.05) is 0 Å². The molecule has 0 unspecified atom stereocenters. The summed E-state index contributed by atoms with van der Waals surface area (Å²) in [7, 11) is 1.99. The fourth-order valence-corrected chi connectivity index (χ4v) is 1.56. The van der Waals surface area contributed by atoms with Crippen molar-refractivity contribution in [2.24, 2.45) is 7.05 Å². The topological polar surface area (TPSA) is 41.6 Å². The molecule has 0 aliphatic carbocycles. The summed E-state index contributed by atoms with van der Waals surface area (Å²) < 4.78 is 2.04. The first-order valence-corrected chi connectivity index (χ1v) is 4.51. The average Bonchev–Trinajstić information content (AvgIpc) is 2.45. The van der Waals surface area contributed by atoms with Crippen molar-refractivity contribution in [3.05, 3.63) is 29.6 Å². The van der Waals surface area contributed by atoms with Crippen LogP contribution in [-0.4, -0.2) is 9.55 Å². The molecule has 2 rings (SSSR count). The van der Waals surface area contributed by atoms with E-state index >= 15 is 0 Å². The molecular formula is C11H11N3. The van der Waals surface area contributed by atoms with Crippen LogP contribution in [-0.2, 0) is 13.5 Å². The van der Waals surface area contributed by atoms with Crippen molar-refractivity contribution in [1.82, 2.24) is 9.55 Å². The molecule has 1 heterocycles. The molecular weight excluding hydrogens is 174 g/mol. The summed E-state index contributed by atoms with van der Waals surface area (Å²) in [5, 5.41) is 8.59. The number of nitrogens with zero attached hydrogens (tertiary/aromatic N) is 3. The number of fused-ring (bicyclic) bond motifs is 1. The molecule has 0 aliphatic rings. The maximum absolute atomic E-state index is 8.59. The lowest BCUT2D eigenvalue weighted by atomic mass is 10.1. The Balaban J connectivity index is 2.65. The van der Waals surface area contributed by atoms with Gasteiger partial charge in [0.1, 0.15) is 5.82 Å². The summed E-state index contributed by atoms with van der Waals surface area (Å²) >= 11 is 0. The number of rotatable bonds is 1. The molecule has 2 aromatic rings. The first kappa shape index (κ1) is 8.76. The van der Waals surface area contributed by atoms with Crippen LogP contribution in [0.2, 0.25) is 0 Å². The monoisotopic (exact) mass is 185 g/mol. The van der Waals surface area contributed by atoms with Crippen LogP contribution in [0.25, 0.3) is 11.0 Å². The maximum Gasteiger partial charge on any atom is 0.106 e. The zero-order valence-electron chi connectivity index (χ0n) is 8.28. The molecule has 0 radical (unpaired) electrons. The molecule has 0 aliphatic heterocycles. The number of aryl methyl sites for hydroxylation is 2. The fraction of sp³-hybridized carbons (Fsp3) is 0.273. The number of imidazole rings is 1. The van der Waals surface area contributed by atoms with Gasteiger partial charge in [0.15, 0.2) is 0 Å². The lowest BCUT2D eigenvalue weighted by Gasteiger charge is -1.98. The zero-order chi connectivity index (χ0) is 10.1. The Labute approximate surface area is 82.6 Å². The SMILES string of the molecule is Cc1nc2ccc(CC#N)cc2n1C. The van der Waals surface area contributed by atoms with Gasteiger partial charge in [-0.2, -0.15) is 5.26 Å². The number of nitriles is 1. The Bertz CT molecular complexity index is 517. The van der Waals surface area contributed by atoms with Gasteiger partial charge in [-0.25, -0.2) is 4.98 Å². The molecule has 0 atom stereocenters. The van der Waals surface area contributed by atoms with Crippen molar-refractivity contribution in [1.29, 1.82) is 5.26 Å². The van der Waals surface area contributed by atoms with Gasteiger partial charge in [-0.05, 0) is 24.6 Å². The van der Waals surface area contributed by atoms with Crippen LogP contribution in [0.3, 0.4) is 0 Å². The van der Waals surface area contributed by atoms with E-state index < -0.39 is 0 Å². The predicted molar refractivity (Wildman–Crippen MR) is 54.8 cm³/mol. The van der Waals surface area contributed by atoms with Crippen molar-refractivity contribution in [3.8, 4) is 6.07 Å². The van der Waals surface area contributed by atoms with Gasteiger partial charge in [-0.1, -0.05) is 6.07 Å². The lowest BCUT2D eigenvalue weighted by Crippen LogP contribution is -1.90. The highest BCUT2D eigenvalue weighted by Gasteiger charge is 2.04. The Morgan fingerprint density at radius 1 is 1.50 bits per heavy atom. The van der Waals surface area contributed by atoms with Crippen molar-refractivity contribution < 1.29 is 0 Å². The van der Waals surface area contributed by atoms with Gasteiger partial charge in [0.2, 0.25) is 0 Å². The second-order valence-corrected chi connectivity index (χ2v) is 3.38. The van der Waals surface area contributed by atoms with E-state index in [0.717, 1.165) is 22.4 Å². The number of aromatic nitrogens is 2. The standard InChI is InChI=1S/C11H11N3/c1-8-13-10-4-3-9(5-6-12)7-11(10)14(8)2/h3-4,7H,5H2,1-2H3. The second-order valence-electron chi connectivity index (χ2n) is 3.38. The van der Waals surface area contributed by atoms with Crippen molar-refractivity contribution in [3.63, 3.8) is 0 Å². The molecule has 0 fully saturated rings. The molecule has 0 bridgehead atoms. The minimum Gasteiger partial charge on any atom is -0.331 e. The normalized spacial score (nSPS) is 10.4. The molecule has 3 heteroatoms. The zero-order valence-corrected chi connectivity index (χ0v) is 8.28. The molecule has 0 amide bonds. The quantitative estimate of drug-likeness (QED) is 0.681. The van der Waals surface area contributed by atoms with Gasteiger partial charge in [0, 0.05) is 7.05 Å². The smallest absolute Gasteiger partial charge is 0.106 e. The van der Waals surface area contributed by atoms with Gasteiger partial charge in [0.05, 0.1) is 23.5 Å². The summed E-state index contributed by atoms with van der Waals surface area (Å²) in [5.41, 5.74) is 3.13. The van der Waals surface area contributed by atoms with Crippen LogP contribution in [0.4, 0.5) is 0 Å². The molecule has 0 spiro atoms. The van der Waals surface area contributed by atoms with E-state index in [0.29, 0.717) is 6.42 Å². The van der Waals surface area contributed by atoms with Crippen LogP contribution in [0.1, 0.15) is 11.4 Å². The first-order valence-electron chi connectivity index (χ1n) is 4.51. The van der Waals surface area contributed by atoms with E-state index in [9.17, 15) is 0 Å². The summed E-state index contributed by atoms with van der Waals surface area (Å²) in [5.74, 6) is 0.995. The maximum atomic E-state index is 8.59. The van der Waals surface area contributed by atoms with Gasteiger partial charge in [-0.15, -0.1) is 0 Å². The molecule has 0 N–H and O–H groups in total. The second kappa shape index (κ2) is 3.15. The van der Waals surface area contributed by atoms with Gasteiger partial charge < -0.3 is 4.57 Å². The number of hydrogen-bond donors (Lipinski definition) is 0. The first-order chi connectivity index (χ1) is 6.72. The summed E-state index contributed by atoms with van der Waals surface area (Å²) in [4.78, 5) is 4.39. The number of benzene rings is 1. The highest BCUT2D eigenvalue weighted by Crippen LogP contribution is 2.16. The Hall–Kier alpha value is -1.82. The average molecular weight is 185 g/mol. The van der Waals surface area contributed by atoms with E-state index in [2.05, 4.69) is 11.1 Å². The van der Waals surface area contributed by atoms with E-state index in [-0.39, 0.29) is 0 Å². The molecule has 0 saturated carbocycles. The summed E-state index contributed by atoms with van der Waals surface area (Å²) in [6.07, 6.45) is 0.458. The fourth-order valence-electron chi connectivity index (χ4n) is 1.56. The molecule has 0 saturated heterocycles. The van der Waals surface area contributed by atoms with Crippen LogP contribution in [0.5, 0.6) is 0 Å². The minimum absolute atomic E-state index is 0.458. The van der Waals surface area contributed by atoms with Crippen molar-refractivity contribution in [2.45, 2.75) is 13.3 Å². The van der Waals surface area contributed by atoms with Crippen LogP contribution >= 0.6 is 0 Å². The van der Waals surface area contributed by atoms with Crippen LogP contribution in [0.15, 0.2) is 18.2 Å². The summed E-state index contributed by atoms with van der Waals surface area (Å²) in [6.45, 7) is 1.98. The summed E-state index contributed by atoms with van der Waals surface area (Å²) in [6, 6.07) is 8.10. The van der Waals surface area contributed by atoms with Crippen molar-refractivity contribution >= 4 is 11.0 Å². The molecule has 3 nitrogen and oxygen atoms in total. The Kier molecular flexibility index (Phi) is 1.97. The third-order valence-electron chi connectivity index (χ3n) is 2.45. The van der Waals surface area contributed by atoms with Gasteiger partial charge in [-0.3, -0.25) is 0 Å². The highest BCUT2D eigenvalue weighted by atomic mass is 15.0. The van der Waals surface area contributed by atoms with Crippen LogP contribution in [0, 0.1) is 18.3 Å². The van der Waals surface area contributed by atoms with E-state index in [1.54, 1.807) is 0 Å². The van der Waals surface area contributed by atoms with Gasteiger partial charge in [0.25, 0.3) is 0 Å². The largest absolute Gasteiger partial charge is 0.331 e.